The van der Waals surface area contributed by atoms with Gasteiger partial charge in [-0.15, -0.1) is 22.7 Å². The van der Waals surface area contributed by atoms with Gasteiger partial charge in [-0.3, -0.25) is 14.3 Å². The molecule has 0 saturated carbocycles. The Balaban J connectivity index is 1.08. The summed E-state index contributed by atoms with van der Waals surface area (Å²) in [6.07, 6.45) is 1.60. The largest absolute Gasteiger partial charge is 0.451 e. The van der Waals surface area contributed by atoms with Crippen LogP contribution in [-0.2, 0) is 7.05 Å². The molecule has 1 saturated heterocycles. The third-order valence-corrected chi connectivity index (χ3v) is 8.32. The molecule has 1 aliphatic rings. The molecule has 5 heterocycles. The zero-order chi connectivity index (χ0) is 24.6. The van der Waals surface area contributed by atoms with Crippen molar-refractivity contribution < 1.29 is 14.0 Å². The lowest BCUT2D eigenvalue weighted by Crippen LogP contribution is -2.37. The van der Waals surface area contributed by atoms with Crippen molar-refractivity contribution in [1.82, 2.24) is 19.7 Å². The van der Waals surface area contributed by atoms with Crippen molar-refractivity contribution in [2.24, 2.45) is 7.05 Å². The van der Waals surface area contributed by atoms with Crippen LogP contribution in [0.5, 0.6) is 0 Å². The molecular weight excluding hydrogens is 494 g/mol. The van der Waals surface area contributed by atoms with E-state index in [0.717, 1.165) is 39.4 Å². The van der Waals surface area contributed by atoms with E-state index in [9.17, 15) is 9.59 Å². The smallest absolute Gasteiger partial charge is 0.289 e. The van der Waals surface area contributed by atoms with Crippen molar-refractivity contribution >= 4 is 51.3 Å². The number of hydrogen-bond acceptors (Lipinski definition) is 7. The molecule has 8 nitrogen and oxygen atoms in total. The van der Waals surface area contributed by atoms with Crippen LogP contribution in [0.4, 0.5) is 5.82 Å². The number of thiazole rings is 1. The van der Waals surface area contributed by atoms with Gasteiger partial charge in [0.25, 0.3) is 11.8 Å². The quantitative estimate of drug-likeness (QED) is 0.326. The molecule has 1 aromatic carbocycles. The average Bonchev–Trinajstić information content (AvgIpc) is 3.70. The molecule has 0 aliphatic carbocycles. The topological polar surface area (TPSA) is 93.3 Å². The van der Waals surface area contributed by atoms with E-state index in [0.29, 0.717) is 30.4 Å². The molecule has 36 heavy (non-hydrogen) atoms. The zero-order valence-electron chi connectivity index (χ0n) is 19.5. The molecule has 1 aliphatic heterocycles. The summed E-state index contributed by atoms with van der Waals surface area (Å²) in [5, 5.41) is 13.1. The van der Waals surface area contributed by atoms with Crippen LogP contribution in [0.2, 0.25) is 0 Å². The van der Waals surface area contributed by atoms with Gasteiger partial charge in [-0.05, 0) is 36.4 Å². The number of para-hydroxylation sites is 1. The van der Waals surface area contributed by atoms with Gasteiger partial charge in [0, 0.05) is 42.9 Å². The van der Waals surface area contributed by atoms with Crippen LogP contribution >= 0.6 is 22.7 Å². The monoisotopic (exact) mass is 517 g/mol. The lowest BCUT2D eigenvalue weighted by Gasteiger charge is -2.30. The first-order chi connectivity index (χ1) is 17.5. The Morgan fingerprint density at radius 3 is 2.69 bits per heavy atom. The number of aryl methyl sites for hydroxylation is 1. The molecule has 2 amide bonds. The van der Waals surface area contributed by atoms with Crippen LogP contribution in [0.25, 0.3) is 21.5 Å². The Labute approximate surface area is 215 Å². The first kappa shape index (κ1) is 22.7. The zero-order valence-corrected chi connectivity index (χ0v) is 21.1. The van der Waals surface area contributed by atoms with Crippen LogP contribution < -0.4 is 5.32 Å². The van der Waals surface area contributed by atoms with Crippen LogP contribution in [-0.4, -0.2) is 44.6 Å². The average molecular weight is 518 g/mol. The number of rotatable bonds is 5. The fourth-order valence-corrected chi connectivity index (χ4v) is 6.11. The normalized spacial score (nSPS) is 14.4. The Morgan fingerprint density at radius 2 is 1.92 bits per heavy atom. The van der Waals surface area contributed by atoms with E-state index in [4.69, 9.17) is 4.42 Å². The number of anilines is 1. The third-order valence-electron chi connectivity index (χ3n) is 6.42. The van der Waals surface area contributed by atoms with Crippen LogP contribution in [0.3, 0.4) is 0 Å². The number of furan rings is 1. The number of benzene rings is 1. The number of hydrogen-bond donors (Lipinski definition) is 1. The first-order valence-electron chi connectivity index (χ1n) is 11.7. The predicted octanol–water partition coefficient (Wildman–Crippen LogP) is 5.62. The molecule has 0 bridgehead atoms. The lowest BCUT2D eigenvalue weighted by atomic mass is 9.97. The van der Waals surface area contributed by atoms with Gasteiger partial charge in [0.1, 0.15) is 22.8 Å². The summed E-state index contributed by atoms with van der Waals surface area (Å²) in [4.78, 5) is 33.3. The number of carbonyl (C=O) groups excluding carboxylic acids is 2. The Bertz CT molecular complexity index is 1510. The number of carbonyl (C=O) groups is 2. The number of thiophene rings is 1. The van der Waals surface area contributed by atoms with E-state index in [2.05, 4.69) is 15.4 Å². The van der Waals surface area contributed by atoms with E-state index in [1.807, 2.05) is 52.7 Å². The molecule has 10 heteroatoms. The maximum atomic E-state index is 12.9. The van der Waals surface area contributed by atoms with Crippen molar-refractivity contribution in [2.75, 3.05) is 18.4 Å². The second-order valence-electron chi connectivity index (χ2n) is 8.76. The van der Waals surface area contributed by atoms with Gasteiger partial charge >= 0.3 is 0 Å². The molecule has 4 aromatic heterocycles. The molecule has 0 radical (unpaired) electrons. The standard InChI is InChI=1S/C26H23N5O3S2/c1-30-23(14-18(29-30)22-7-4-12-35-22)28-24(32)19-15-36-25(27-19)16-8-10-31(11-9-16)26(33)21-13-17-5-2-3-6-20(17)34-21/h2-7,12-16H,8-11H2,1H3,(H,28,32). The minimum atomic E-state index is -0.254. The minimum absolute atomic E-state index is 0.0815. The van der Waals surface area contributed by atoms with Crippen molar-refractivity contribution in [3.8, 4) is 10.6 Å². The molecule has 0 atom stereocenters. The summed E-state index contributed by atoms with van der Waals surface area (Å²) in [7, 11) is 1.81. The maximum Gasteiger partial charge on any atom is 0.289 e. The Morgan fingerprint density at radius 1 is 1.08 bits per heavy atom. The number of aromatic nitrogens is 3. The molecule has 5 aromatic rings. The molecule has 182 valence electrons. The number of nitrogens with zero attached hydrogens (tertiary/aromatic N) is 4. The second kappa shape index (κ2) is 9.36. The van der Waals surface area contributed by atoms with E-state index in [1.54, 1.807) is 34.5 Å². The fraction of sp³-hybridized carbons (Fsp3) is 0.231. The van der Waals surface area contributed by atoms with E-state index in [-0.39, 0.29) is 17.7 Å². The summed E-state index contributed by atoms with van der Waals surface area (Å²) < 4.78 is 7.41. The summed E-state index contributed by atoms with van der Waals surface area (Å²) in [6.45, 7) is 1.25. The highest BCUT2D eigenvalue weighted by Gasteiger charge is 2.28. The second-order valence-corrected chi connectivity index (χ2v) is 10.6. The van der Waals surface area contributed by atoms with Gasteiger partial charge in [0.15, 0.2) is 5.76 Å². The van der Waals surface area contributed by atoms with Crippen molar-refractivity contribution in [3.63, 3.8) is 0 Å². The number of piperidine rings is 1. The van der Waals surface area contributed by atoms with Gasteiger partial charge in [-0.25, -0.2) is 4.98 Å². The molecule has 1 fully saturated rings. The summed E-state index contributed by atoms with van der Waals surface area (Å²) in [5.41, 5.74) is 1.94. The van der Waals surface area contributed by atoms with Gasteiger partial charge in [0.05, 0.1) is 9.88 Å². The lowest BCUT2D eigenvalue weighted by molar-refractivity contribution is 0.0683. The molecule has 0 spiro atoms. The fourth-order valence-electron chi connectivity index (χ4n) is 4.46. The SMILES string of the molecule is Cn1nc(-c2cccs2)cc1NC(=O)c1csc(C2CCN(C(=O)c3cc4ccccc4o3)CC2)n1. The van der Waals surface area contributed by atoms with Gasteiger partial charge in [-0.1, -0.05) is 24.3 Å². The minimum Gasteiger partial charge on any atom is -0.451 e. The number of fused-ring (bicyclic) bond motifs is 1. The van der Waals surface area contributed by atoms with E-state index < -0.39 is 0 Å². The van der Waals surface area contributed by atoms with E-state index in [1.165, 1.54) is 11.3 Å². The molecular formula is C26H23N5O3S2. The third kappa shape index (κ3) is 4.33. The van der Waals surface area contributed by atoms with E-state index >= 15 is 0 Å². The Hall–Kier alpha value is -3.76. The first-order valence-corrected chi connectivity index (χ1v) is 13.4. The maximum absolute atomic E-state index is 12.9. The number of amides is 2. The van der Waals surface area contributed by atoms with Crippen molar-refractivity contribution in [2.45, 2.75) is 18.8 Å². The highest BCUT2D eigenvalue weighted by molar-refractivity contribution is 7.13. The molecule has 6 rings (SSSR count). The Kier molecular flexibility index (Phi) is 5.90. The van der Waals surface area contributed by atoms with Gasteiger partial charge in [-0.2, -0.15) is 5.10 Å². The number of likely N-dealkylation sites (tertiary alicyclic amines) is 1. The van der Waals surface area contributed by atoms with Crippen molar-refractivity contribution in [3.05, 3.63) is 75.8 Å². The summed E-state index contributed by atoms with van der Waals surface area (Å²) in [5.74, 6) is 0.881. The predicted molar refractivity (Wildman–Crippen MR) is 141 cm³/mol. The summed E-state index contributed by atoms with van der Waals surface area (Å²) >= 11 is 3.10. The molecule has 1 N–H and O–H groups in total. The van der Waals surface area contributed by atoms with Crippen LogP contribution in [0.1, 0.15) is 44.8 Å². The highest BCUT2D eigenvalue weighted by Crippen LogP contribution is 2.32. The van der Waals surface area contributed by atoms with Gasteiger partial charge < -0.3 is 14.6 Å². The van der Waals surface area contributed by atoms with Crippen molar-refractivity contribution in [1.29, 1.82) is 0 Å². The van der Waals surface area contributed by atoms with Crippen LogP contribution in [0.15, 0.2) is 63.7 Å². The van der Waals surface area contributed by atoms with Crippen LogP contribution in [0, 0.1) is 0 Å². The number of nitrogens with one attached hydrogen (secondary N) is 1. The molecule has 0 unspecified atom stereocenters. The summed E-state index contributed by atoms with van der Waals surface area (Å²) in [6, 6.07) is 15.3. The highest BCUT2D eigenvalue weighted by atomic mass is 32.1. The van der Waals surface area contributed by atoms with Gasteiger partial charge in [0.2, 0.25) is 0 Å².